The zero-order valence-electron chi connectivity index (χ0n) is 21.1. The fourth-order valence-corrected chi connectivity index (χ4v) is 4.70. The number of hydrogen-bond donors (Lipinski definition) is 2. The van der Waals surface area contributed by atoms with Gasteiger partial charge in [0.15, 0.2) is 5.69 Å². The molecule has 0 bridgehead atoms. The second-order valence-electron chi connectivity index (χ2n) is 9.60. The lowest BCUT2D eigenvalue weighted by Gasteiger charge is -2.29. The third-order valence-electron chi connectivity index (χ3n) is 6.81. The van der Waals surface area contributed by atoms with Gasteiger partial charge in [-0.05, 0) is 61.3 Å². The van der Waals surface area contributed by atoms with Crippen molar-refractivity contribution in [3.63, 3.8) is 0 Å². The number of rotatable bonds is 8. The Morgan fingerprint density at radius 2 is 1.82 bits per heavy atom. The van der Waals surface area contributed by atoms with Gasteiger partial charge < -0.3 is 11.1 Å². The smallest absolute Gasteiger partial charge is 0.326 e. The highest BCUT2D eigenvalue weighted by Gasteiger charge is 2.37. The predicted octanol–water partition coefficient (Wildman–Crippen LogP) is 5.92. The van der Waals surface area contributed by atoms with Gasteiger partial charge in [-0.15, -0.1) is 0 Å². The fourth-order valence-electron chi connectivity index (χ4n) is 4.70. The van der Waals surface area contributed by atoms with Crippen LogP contribution in [-0.2, 0) is 12.7 Å². The fraction of sp³-hybridized carbons (Fsp3) is 0.241. The molecule has 0 saturated heterocycles. The molecule has 1 unspecified atom stereocenters. The van der Waals surface area contributed by atoms with Gasteiger partial charge in [0, 0.05) is 29.9 Å². The average Bonchev–Trinajstić information content (AvgIpc) is 3.66. The first-order valence-electron chi connectivity index (χ1n) is 12.5. The number of carbonyl (C=O) groups excluding carboxylic acids is 1. The van der Waals surface area contributed by atoms with Crippen molar-refractivity contribution in [1.29, 1.82) is 0 Å². The topological polar surface area (TPSA) is 76.2 Å². The van der Waals surface area contributed by atoms with Gasteiger partial charge in [0.2, 0.25) is 0 Å². The average molecular weight is 538 g/mol. The van der Waals surface area contributed by atoms with Crippen molar-refractivity contribution >= 4 is 11.6 Å². The molecule has 3 aromatic carbocycles. The molecule has 1 aliphatic rings. The van der Waals surface area contributed by atoms with E-state index >= 15 is 0 Å². The lowest BCUT2D eigenvalue weighted by Crippen LogP contribution is -2.28. The van der Waals surface area contributed by atoms with Crippen LogP contribution in [-0.4, -0.2) is 33.7 Å². The maximum Gasteiger partial charge on any atom is 0.435 e. The van der Waals surface area contributed by atoms with E-state index in [-0.39, 0.29) is 23.7 Å². The Morgan fingerprint density at radius 3 is 2.51 bits per heavy atom. The van der Waals surface area contributed by atoms with E-state index in [2.05, 4.69) is 15.3 Å². The summed E-state index contributed by atoms with van der Waals surface area (Å²) in [6, 6.07) is 20.6. The Labute approximate surface area is 223 Å². The number of halogens is 4. The normalized spacial score (nSPS) is 14.4. The lowest BCUT2D eigenvalue weighted by molar-refractivity contribution is -0.141. The highest BCUT2D eigenvalue weighted by atomic mass is 19.4. The summed E-state index contributed by atoms with van der Waals surface area (Å²) >= 11 is 0. The second kappa shape index (κ2) is 10.6. The number of amides is 1. The molecule has 1 fully saturated rings. The van der Waals surface area contributed by atoms with Gasteiger partial charge >= 0.3 is 6.18 Å². The van der Waals surface area contributed by atoms with Crippen LogP contribution in [0.15, 0.2) is 78.9 Å². The van der Waals surface area contributed by atoms with Gasteiger partial charge in [0.25, 0.3) is 5.91 Å². The van der Waals surface area contributed by atoms with Crippen LogP contribution in [0.2, 0.25) is 0 Å². The van der Waals surface area contributed by atoms with Crippen LogP contribution in [0.1, 0.15) is 51.8 Å². The molecule has 202 valence electrons. The molecule has 1 saturated carbocycles. The summed E-state index contributed by atoms with van der Waals surface area (Å²) in [5.74, 6) is -1.11. The third kappa shape index (κ3) is 5.71. The van der Waals surface area contributed by atoms with Gasteiger partial charge in [-0.2, -0.15) is 18.3 Å². The van der Waals surface area contributed by atoms with Crippen LogP contribution in [0.5, 0.6) is 0 Å². The standard InChI is InChI=1S/C29H27F4N5O/c1-37(21-12-13-21)27(23-10-2-3-11-24(23)30)19-7-5-8-20(15-19)35-28(39)25-16-26(29(31,32)33)36-38(25)22-9-4-6-18(14-22)17-34/h2-11,14-16,21,27H,12-13,17,34H2,1H3,(H,35,39). The first kappa shape index (κ1) is 26.6. The van der Waals surface area contributed by atoms with E-state index in [0.717, 1.165) is 29.2 Å². The van der Waals surface area contributed by atoms with Gasteiger partial charge in [-0.1, -0.05) is 42.5 Å². The van der Waals surface area contributed by atoms with E-state index in [1.165, 1.54) is 6.07 Å². The van der Waals surface area contributed by atoms with E-state index in [0.29, 0.717) is 22.9 Å². The Morgan fingerprint density at radius 1 is 1.08 bits per heavy atom. The molecule has 1 amide bonds. The number of nitrogens with two attached hydrogens (primary N) is 1. The van der Waals surface area contributed by atoms with Crippen molar-refractivity contribution < 1.29 is 22.4 Å². The molecule has 1 aliphatic carbocycles. The van der Waals surface area contributed by atoms with Crippen molar-refractivity contribution in [3.05, 3.63) is 113 Å². The van der Waals surface area contributed by atoms with Crippen molar-refractivity contribution in [2.24, 2.45) is 5.73 Å². The monoisotopic (exact) mass is 537 g/mol. The van der Waals surface area contributed by atoms with Gasteiger partial charge in [0.05, 0.1) is 11.7 Å². The zero-order chi connectivity index (χ0) is 27.7. The van der Waals surface area contributed by atoms with Crippen LogP contribution in [0.4, 0.5) is 23.2 Å². The second-order valence-corrected chi connectivity index (χ2v) is 9.60. The zero-order valence-corrected chi connectivity index (χ0v) is 21.1. The third-order valence-corrected chi connectivity index (χ3v) is 6.81. The Bertz CT molecular complexity index is 1500. The Balaban J connectivity index is 1.49. The molecule has 0 aliphatic heterocycles. The lowest BCUT2D eigenvalue weighted by atomic mass is 9.96. The molecule has 1 aromatic heterocycles. The summed E-state index contributed by atoms with van der Waals surface area (Å²) in [6.45, 7) is 0.175. The molecule has 0 spiro atoms. The van der Waals surface area contributed by atoms with E-state index in [9.17, 15) is 22.4 Å². The van der Waals surface area contributed by atoms with Crippen molar-refractivity contribution in [2.45, 2.75) is 37.6 Å². The number of aromatic nitrogens is 2. The molecule has 39 heavy (non-hydrogen) atoms. The summed E-state index contributed by atoms with van der Waals surface area (Å²) in [6.07, 6.45) is -2.73. The van der Waals surface area contributed by atoms with Crippen molar-refractivity contribution in [3.8, 4) is 5.69 Å². The minimum Gasteiger partial charge on any atom is -0.326 e. The molecule has 6 nitrogen and oxygen atoms in total. The van der Waals surface area contributed by atoms with Gasteiger partial charge in [-0.25, -0.2) is 9.07 Å². The number of hydrogen-bond acceptors (Lipinski definition) is 4. The Hall–Kier alpha value is -4.02. The largest absolute Gasteiger partial charge is 0.435 e. The van der Waals surface area contributed by atoms with Crippen LogP contribution >= 0.6 is 0 Å². The van der Waals surface area contributed by atoms with E-state index in [1.54, 1.807) is 60.7 Å². The Kier molecular flexibility index (Phi) is 7.24. The highest BCUT2D eigenvalue weighted by molar-refractivity contribution is 6.03. The summed E-state index contributed by atoms with van der Waals surface area (Å²) in [4.78, 5) is 15.4. The molecule has 5 rings (SSSR count). The number of alkyl halides is 3. The molecule has 10 heteroatoms. The van der Waals surface area contributed by atoms with Crippen LogP contribution in [0, 0.1) is 5.82 Å². The van der Waals surface area contributed by atoms with Gasteiger partial charge in [-0.3, -0.25) is 9.69 Å². The number of carbonyl (C=O) groups is 1. The summed E-state index contributed by atoms with van der Waals surface area (Å²) in [5.41, 5.74) is 6.77. The molecular weight excluding hydrogens is 510 g/mol. The molecule has 4 aromatic rings. The quantitative estimate of drug-likeness (QED) is 0.274. The molecule has 0 radical (unpaired) electrons. The summed E-state index contributed by atoms with van der Waals surface area (Å²) < 4.78 is 56.5. The van der Waals surface area contributed by atoms with Crippen LogP contribution in [0.25, 0.3) is 5.69 Å². The molecular formula is C29H27F4N5O. The highest BCUT2D eigenvalue weighted by Crippen LogP contribution is 2.38. The van der Waals surface area contributed by atoms with E-state index in [4.69, 9.17) is 5.73 Å². The minimum absolute atomic E-state index is 0.175. The molecule has 1 heterocycles. The van der Waals surface area contributed by atoms with Gasteiger partial charge in [0.1, 0.15) is 11.5 Å². The van der Waals surface area contributed by atoms with Crippen molar-refractivity contribution in [2.75, 3.05) is 12.4 Å². The maximum absolute atomic E-state index is 14.9. The first-order chi connectivity index (χ1) is 18.7. The van der Waals surface area contributed by atoms with E-state index in [1.807, 2.05) is 13.1 Å². The number of anilines is 1. The molecule has 3 N–H and O–H groups in total. The number of nitrogens with zero attached hydrogens (tertiary/aromatic N) is 3. The summed E-state index contributed by atoms with van der Waals surface area (Å²) in [7, 11) is 1.94. The SMILES string of the molecule is CN(C1CC1)C(c1cccc(NC(=O)c2cc(C(F)(F)F)nn2-c2cccc(CN)c2)c1)c1ccccc1F. The van der Waals surface area contributed by atoms with Crippen LogP contribution < -0.4 is 11.1 Å². The van der Waals surface area contributed by atoms with Crippen molar-refractivity contribution in [1.82, 2.24) is 14.7 Å². The molecule has 1 atom stereocenters. The predicted molar refractivity (Wildman–Crippen MR) is 140 cm³/mol. The summed E-state index contributed by atoms with van der Waals surface area (Å²) in [5, 5.41) is 6.38. The van der Waals surface area contributed by atoms with E-state index < -0.39 is 23.8 Å². The van der Waals surface area contributed by atoms with Crippen LogP contribution in [0.3, 0.4) is 0 Å². The minimum atomic E-state index is -4.74. The number of nitrogens with one attached hydrogen (secondary N) is 1. The maximum atomic E-state index is 14.9. The number of benzene rings is 3. The first-order valence-corrected chi connectivity index (χ1v) is 12.5.